The molecule has 0 saturated heterocycles. The van der Waals surface area contributed by atoms with E-state index in [1.54, 1.807) is 19.3 Å². The van der Waals surface area contributed by atoms with Crippen molar-refractivity contribution in [2.75, 3.05) is 13.7 Å². The fraction of sp³-hybridized carbons (Fsp3) is 0.250. The molecule has 3 rings (SSSR count). The van der Waals surface area contributed by atoms with Crippen LogP contribution in [0.3, 0.4) is 0 Å². The second-order valence-corrected chi connectivity index (χ2v) is 6.93. The summed E-state index contributed by atoms with van der Waals surface area (Å²) in [4.78, 5) is 12.1. The normalized spacial score (nSPS) is 10.9. The number of hydrogen-bond donors (Lipinski definition) is 1. The van der Waals surface area contributed by atoms with Crippen molar-refractivity contribution in [1.82, 2.24) is 15.1 Å². The molecule has 0 aliphatic heterocycles. The minimum Gasteiger partial charge on any atom is -0.496 e. The van der Waals surface area contributed by atoms with Gasteiger partial charge in [0.15, 0.2) is 0 Å². The number of para-hydroxylation sites is 1. The van der Waals surface area contributed by atoms with E-state index < -0.39 is 0 Å². The van der Waals surface area contributed by atoms with Crippen molar-refractivity contribution in [3.8, 4) is 11.5 Å². The summed E-state index contributed by atoms with van der Waals surface area (Å²) in [6.45, 7) is 3.77. The molecule has 0 atom stereocenters. The highest BCUT2D eigenvalue weighted by atomic mass is 16.5. The Hall–Kier alpha value is -3.54. The first kappa shape index (κ1) is 21.2. The molecule has 1 N–H and O–H groups in total. The summed E-state index contributed by atoms with van der Waals surface area (Å²) in [5, 5.41) is 7.13. The highest BCUT2D eigenvalue weighted by Crippen LogP contribution is 2.22. The fourth-order valence-electron chi connectivity index (χ4n) is 2.97. The van der Waals surface area contributed by atoms with Crippen LogP contribution >= 0.6 is 0 Å². The van der Waals surface area contributed by atoms with E-state index in [1.807, 2.05) is 72.5 Å². The number of carbonyl (C=O) groups excluding carboxylic acids is 1. The van der Waals surface area contributed by atoms with Gasteiger partial charge < -0.3 is 14.8 Å². The van der Waals surface area contributed by atoms with Gasteiger partial charge in [0.25, 0.3) is 0 Å². The SMILES string of the molecule is COc1ccc(/C=C/C(=O)NCCCn2cc(C)cn2)cc1COc1ccccc1. The smallest absolute Gasteiger partial charge is 0.244 e. The third-order valence-corrected chi connectivity index (χ3v) is 4.49. The molecule has 0 radical (unpaired) electrons. The first-order valence-electron chi connectivity index (χ1n) is 9.94. The number of amides is 1. The Morgan fingerprint density at radius 3 is 2.77 bits per heavy atom. The summed E-state index contributed by atoms with van der Waals surface area (Å²) >= 11 is 0. The van der Waals surface area contributed by atoms with Crippen LogP contribution in [-0.2, 0) is 17.9 Å². The van der Waals surface area contributed by atoms with E-state index in [0.29, 0.717) is 13.2 Å². The first-order valence-corrected chi connectivity index (χ1v) is 9.94. The van der Waals surface area contributed by atoms with Crippen molar-refractivity contribution in [2.24, 2.45) is 0 Å². The number of nitrogens with zero attached hydrogens (tertiary/aromatic N) is 2. The van der Waals surface area contributed by atoms with Gasteiger partial charge in [-0.3, -0.25) is 9.48 Å². The molecule has 0 aliphatic carbocycles. The van der Waals surface area contributed by atoms with E-state index >= 15 is 0 Å². The zero-order valence-corrected chi connectivity index (χ0v) is 17.4. The second-order valence-electron chi connectivity index (χ2n) is 6.93. The topological polar surface area (TPSA) is 65.4 Å². The van der Waals surface area contributed by atoms with Gasteiger partial charge in [-0.1, -0.05) is 24.3 Å². The lowest BCUT2D eigenvalue weighted by molar-refractivity contribution is -0.116. The van der Waals surface area contributed by atoms with Gasteiger partial charge in [-0.15, -0.1) is 0 Å². The number of aryl methyl sites for hydroxylation is 2. The van der Waals surface area contributed by atoms with Gasteiger partial charge >= 0.3 is 0 Å². The molecule has 6 nitrogen and oxygen atoms in total. The van der Waals surface area contributed by atoms with Gasteiger partial charge in [-0.05, 0) is 54.8 Å². The average molecular weight is 405 g/mol. The molecule has 1 heterocycles. The van der Waals surface area contributed by atoms with Crippen LogP contribution in [-0.4, -0.2) is 29.3 Å². The standard InChI is InChI=1S/C24H27N3O3/c1-19-16-26-27(17-19)14-6-13-25-24(28)12-10-20-9-11-23(29-2)21(15-20)18-30-22-7-4-3-5-8-22/h3-5,7-12,15-17H,6,13-14,18H2,1-2H3,(H,25,28)/b12-10+. The van der Waals surface area contributed by atoms with Crippen LogP contribution < -0.4 is 14.8 Å². The van der Waals surface area contributed by atoms with Crippen LogP contribution in [0.1, 0.15) is 23.1 Å². The van der Waals surface area contributed by atoms with Crippen molar-refractivity contribution in [3.63, 3.8) is 0 Å². The Kier molecular flexibility index (Phi) is 7.66. The Morgan fingerprint density at radius 1 is 1.20 bits per heavy atom. The number of methoxy groups -OCH3 is 1. The molecular weight excluding hydrogens is 378 g/mol. The van der Waals surface area contributed by atoms with Crippen LogP contribution in [0.15, 0.2) is 67.0 Å². The second kappa shape index (κ2) is 10.9. The zero-order valence-electron chi connectivity index (χ0n) is 17.4. The molecule has 1 amide bonds. The number of hydrogen-bond acceptors (Lipinski definition) is 4. The minimum absolute atomic E-state index is 0.121. The molecule has 0 saturated carbocycles. The van der Waals surface area contributed by atoms with Crippen LogP contribution in [0.4, 0.5) is 0 Å². The van der Waals surface area contributed by atoms with Crippen LogP contribution in [0.2, 0.25) is 0 Å². The summed E-state index contributed by atoms with van der Waals surface area (Å²) in [6, 6.07) is 15.4. The van der Waals surface area contributed by atoms with E-state index in [2.05, 4.69) is 10.4 Å². The minimum atomic E-state index is -0.121. The molecule has 1 aromatic heterocycles. The van der Waals surface area contributed by atoms with E-state index in [1.165, 1.54) is 0 Å². The van der Waals surface area contributed by atoms with Gasteiger partial charge in [0.1, 0.15) is 18.1 Å². The van der Waals surface area contributed by atoms with Crippen LogP contribution in [0, 0.1) is 6.92 Å². The summed E-state index contributed by atoms with van der Waals surface area (Å²) < 4.78 is 13.1. The lowest BCUT2D eigenvalue weighted by atomic mass is 10.1. The Bertz CT molecular complexity index is 980. The summed E-state index contributed by atoms with van der Waals surface area (Å²) in [7, 11) is 1.63. The number of carbonyl (C=O) groups is 1. The Morgan fingerprint density at radius 2 is 2.03 bits per heavy atom. The average Bonchev–Trinajstić information content (AvgIpc) is 3.19. The van der Waals surface area contributed by atoms with E-state index in [4.69, 9.17) is 9.47 Å². The van der Waals surface area contributed by atoms with Crippen molar-refractivity contribution in [3.05, 3.63) is 83.7 Å². The molecule has 0 bridgehead atoms. The lowest BCUT2D eigenvalue weighted by Crippen LogP contribution is -2.23. The molecule has 3 aromatic rings. The number of aromatic nitrogens is 2. The van der Waals surface area contributed by atoms with Gasteiger partial charge in [-0.25, -0.2) is 0 Å². The third-order valence-electron chi connectivity index (χ3n) is 4.49. The molecule has 0 fully saturated rings. The van der Waals surface area contributed by atoms with Crippen molar-refractivity contribution in [2.45, 2.75) is 26.5 Å². The highest BCUT2D eigenvalue weighted by Gasteiger charge is 2.05. The molecule has 2 aromatic carbocycles. The molecule has 0 aliphatic rings. The van der Waals surface area contributed by atoms with Gasteiger partial charge in [0, 0.05) is 30.9 Å². The van der Waals surface area contributed by atoms with Crippen molar-refractivity contribution in [1.29, 1.82) is 0 Å². The largest absolute Gasteiger partial charge is 0.496 e. The van der Waals surface area contributed by atoms with Gasteiger partial charge in [0.05, 0.1) is 13.3 Å². The maximum atomic E-state index is 12.1. The summed E-state index contributed by atoms with van der Waals surface area (Å²) in [5.41, 5.74) is 2.96. The van der Waals surface area contributed by atoms with E-state index in [9.17, 15) is 4.79 Å². The Labute approximate surface area is 177 Å². The zero-order chi connectivity index (χ0) is 21.2. The van der Waals surface area contributed by atoms with E-state index in [-0.39, 0.29) is 5.91 Å². The molecule has 30 heavy (non-hydrogen) atoms. The van der Waals surface area contributed by atoms with Crippen molar-refractivity contribution >= 4 is 12.0 Å². The van der Waals surface area contributed by atoms with Gasteiger partial charge in [0.2, 0.25) is 5.91 Å². The maximum absolute atomic E-state index is 12.1. The quantitative estimate of drug-likeness (QED) is 0.409. The number of benzene rings is 2. The predicted octanol–water partition coefficient (Wildman–Crippen LogP) is 4.00. The lowest BCUT2D eigenvalue weighted by Gasteiger charge is -2.11. The van der Waals surface area contributed by atoms with E-state index in [0.717, 1.165) is 41.2 Å². The van der Waals surface area contributed by atoms with Crippen LogP contribution in [0.25, 0.3) is 6.08 Å². The molecule has 0 spiro atoms. The summed E-state index contributed by atoms with van der Waals surface area (Å²) in [5.74, 6) is 1.43. The Balaban J connectivity index is 1.50. The predicted molar refractivity (Wildman–Crippen MR) is 117 cm³/mol. The number of rotatable bonds is 10. The molecule has 0 unspecified atom stereocenters. The third kappa shape index (κ3) is 6.51. The molecular formula is C24H27N3O3. The van der Waals surface area contributed by atoms with Crippen LogP contribution in [0.5, 0.6) is 11.5 Å². The maximum Gasteiger partial charge on any atom is 0.244 e. The first-order chi connectivity index (χ1) is 14.6. The molecule has 156 valence electrons. The number of nitrogens with one attached hydrogen (secondary N) is 1. The number of ether oxygens (including phenoxy) is 2. The highest BCUT2D eigenvalue weighted by molar-refractivity contribution is 5.91. The molecule has 6 heteroatoms. The van der Waals surface area contributed by atoms with Gasteiger partial charge in [-0.2, -0.15) is 5.10 Å². The monoisotopic (exact) mass is 405 g/mol. The fourth-order valence-corrected chi connectivity index (χ4v) is 2.97. The summed E-state index contributed by atoms with van der Waals surface area (Å²) in [6.07, 6.45) is 7.98. The van der Waals surface area contributed by atoms with Crippen molar-refractivity contribution < 1.29 is 14.3 Å².